The predicted octanol–water partition coefficient (Wildman–Crippen LogP) is 1.45. The Bertz CT molecular complexity index is 621. The number of hydrogen-bond acceptors (Lipinski definition) is 4. The van der Waals surface area contributed by atoms with Gasteiger partial charge in [-0.1, -0.05) is 0 Å². The van der Waals surface area contributed by atoms with E-state index in [9.17, 15) is 9.59 Å². The number of carbonyl (C=O) groups is 2. The molecule has 130 valence electrons. The molecule has 7 heteroatoms. The summed E-state index contributed by atoms with van der Waals surface area (Å²) in [6.45, 7) is 1.35. The maximum atomic E-state index is 13.0. The maximum absolute atomic E-state index is 13.0. The molecule has 0 aromatic carbocycles. The average Bonchev–Trinajstić information content (AvgIpc) is 3.37. The van der Waals surface area contributed by atoms with Gasteiger partial charge in [-0.05, 0) is 50.9 Å². The summed E-state index contributed by atoms with van der Waals surface area (Å²) in [7, 11) is 1.90. The van der Waals surface area contributed by atoms with Crippen LogP contribution in [-0.2, 0) is 4.79 Å². The van der Waals surface area contributed by atoms with Gasteiger partial charge < -0.3 is 9.80 Å². The number of amides is 2. The first-order valence-electron chi connectivity index (χ1n) is 9.01. The summed E-state index contributed by atoms with van der Waals surface area (Å²) in [6, 6.07) is 0.0816. The zero-order valence-corrected chi connectivity index (χ0v) is 14.2. The summed E-state index contributed by atoms with van der Waals surface area (Å²) in [5.41, 5.74) is 0.253. The Hall–Kier alpha value is -1.92. The second-order valence-corrected chi connectivity index (χ2v) is 7.76. The summed E-state index contributed by atoms with van der Waals surface area (Å²) in [5.74, 6) is 0.967. The van der Waals surface area contributed by atoms with Crippen LogP contribution in [0.1, 0.15) is 55.4 Å². The van der Waals surface area contributed by atoms with Crippen LogP contribution in [0.4, 0.5) is 0 Å². The highest BCUT2D eigenvalue weighted by Crippen LogP contribution is 2.54. The molecule has 0 spiro atoms. The normalized spacial score (nSPS) is 31.6. The standard InChI is InChI=1S/C17H25N5O2/c1-21(16(24)17-6-4-12(9-17)5-7-17)11-13-3-2-8-22(13)15(23)14-10-18-20-19-14/h10,12-13H,2-9,11H2,1H3,(H,18,19,20). The van der Waals surface area contributed by atoms with Crippen molar-refractivity contribution >= 4 is 11.8 Å². The molecule has 2 amide bonds. The molecule has 1 N–H and O–H groups in total. The van der Waals surface area contributed by atoms with Crippen LogP contribution in [0.5, 0.6) is 0 Å². The molecular formula is C17H25N5O2. The number of likely N-dealkylation sites (N-methyl/N-ethyl adjacent to an activating group) is 1. The molecular weight excluding hydrogens is 306 g/mol. The second-order valence-electron chi connectivity index (χ2n) is 7.76. The van der Waals surface area contributed by atoms with Gasteiger partial charge in [-0.2, -0.15) is 15.4 Å². The summed E-state index contributed by atoms with van der Waals surface area (Å²) in [4.78, 5) is 29.3. The molecule has 2 saturated carbocycles. The van der Waals surface area contributed by atoms with Crippen LogP contribution in [0, 0.1) is 11.3 Å². The Morgan fingerprint density at radius 1 is 1.38 bits per heavy atom. The molecule has 1 aromatic heterocycles. The topological polar surface area (TPSA) is 82.2 Å². The number of H-pyrrole nitrogens is 1. The number of rotatable bonds is 4. The number of aromatic amines is 1. The first-order chi connectivity index (χ1) is 11.6. The average molecular weight is 331 g/mol. The van der Waals surface area contributed by atoms with Crippen LogP contribution < -0.4 is 0 Å². The second kappa shape index (κ2) is 5.86. The van der Waals surface area contributed by atoms with Crippen LogP contribution in [0.2, 0.25) is 0 Å². The summed E-state index contributed by atoms with van der Waals surface area (Å²) < 4.78 is 0. The van der Waals surface area contributed by atoms with E-state index in [-0.39, 0.29) is 17.4 Å². The minimum atomic E-state index is -0.0982. The lowest BCUT2D eigenvalue weighted by Gasteiger charge is -2.34. The Morgan fingerprint density at radius 2 is 2.17 bits per heavy atom. The molecule has 1 unspecified atom stereocenters. The van der Waals surface area contributed by atoms with Crippen LogP contribution in [-0.4, -0.2) is 63.2 Å². The zero-order chi connectivity index (χ0) is 16.7. The van der Waals surface area contributed by atoms with Crippen molar-refractivity contribution in [3.8, 4) is 0 Å². The molecule has 2 aliphatic carbocycles. The molecule has 3 fully saturated rings. The first-order valence-corrected chi connectivity index (χ1v) is 9.01. The molecule has 0 radical (unpaired) electrons. The van der Waals surface area contributed by atoms with Crippen LogP contribution >= 0.6 is 0 Å². The SMILES string of the molecule is CN(CC1CCCN1C(=O)c1cn[nH]n1)C(=O)C12CCC(CC1)C2. The molecule has 3 aliphatic rings. The van der Waals surface area contributed by atoms with Crippen molar-refractivity contribution in [3.05, 3.63) is 11.9 Å². The third-order valence-electron chi connectivity index (χ3n) is 6.30. The summed E-state index contributed by atoms with van der Waals surface area (Å²) in [5, 5.41) is 10.1. The lowest BCUT2D eigenvalue weighted by molar-refractivity contribution is -0.140. The lowest BCUT2D eigenvalue weighted by atomic mass is 9.83. The molecule has 1 saturated heterocycles. The fourth-order valence-corrected chi connectivity index (χ4v) is 5.04. The first kappa shape index (κ1) is 15.6. The number of hydrogen-bond donors (Lipinski definition) is 1. The van der Waals surface area contributed by atoms with E-state index in [0.29, 0.717) is 18.1 Å². The van der Waals surface area contributed by atoms with Crippen molar-refractivity contribution in [2.75, 3.05) is 20.1 Å². The van der Waals surface area contributed by atoms with Crippen molar-refractivity contribution in [2.45, 2.75) is 51.0 Å². The number of carbonyl (C=O) groups excluding carboxylic acids is 2. The Morgan fingerprint density at radius 3 is 2.79 bits per heavy atom. The lowest BCUT2D eigenvalue weighted by Crippen LogP contribution is -2.47. The van der Waals surface area contributed by atoms with Gasteiger partial charge in [0.05, 0.1) is 6.20 Å². The fraction of sp³-hybridized carbons (Fsp3) is 0.765. The summed E-state index contributed by atoms with van der Waals surface area (Å²) >= 11 is 0. The smallest absolute Gasteiger partial charge is 0.276 e. The molecule has 24 heavy (non-hydrogen) atoms. The number of nitrogens with one attached hydrogen (secondary N) is 1. The van der Waals surface area contributed by atoms with Gasteiger partial charge >= 0.3 is 0 Å². The molecule has 1 atom stereocenters. The highest BCUT2D eigenvalue weighted by atomic mass is 16.2. The van der Waals surface area contributed by atoms with E-state index in [4.69, 9.17) is 0 Å². The van der Waals surface area contributed by atoms with Crippen molar-refractivity contribution in [2.24, 2.45) is 11.3 Å². The van der Waals surface area contributed by atoms with Crippen molar-refractivity contribution in [1.82, 2.24) is 25.2 Å². The van der Waals surface area contributed by atoms with Gasteiger partial charge in [0.25, 0.3) is 5.91 Å². The van der Waals surface area contributed by atoms with Gasteiger partial charge in [-0.25, -0.2) is 0 Å². The molecule has 2 bridgehead atoms. The van der Waals surface area contributed by atoms with Gasteiger partial charge in [0, 0.05) is 31.6 Å². The van der Waals surface area contributed by atoms with E-state index in [1.54, 1.807) is 0 Å². The number of aromatic nitrogens is 3. The number of likely N-dealkylation sites (tertiary alicyclic amines) is 1. The number of fused-ring (bicyclic) bond motifs is 2. The van der Waals surface area contributed by atoms with E-state index in [1.807, 2.05) is 16.8 Å². The molecule has 1 aromatic rings. The van der Waals surface area contributed by atoms with E-state index in [1.165, 1.54) is 19.0 Å². The van der Waals surface area contributed by atoms with E-state index in [2.05, 4.69) is 15.4 Å². The molecule has 4 rings (SSSR count). The van der Waals surface area contributed by atoms with Gasteiger partial charge in [0.2, 0.25) is 5.91 Å². The van der Waals surface area contributed by atoms with Crippen molar-refractivity contribution in [1.29, 1.82) is 0 Å². The van der Waals surface area contributed by atoms with Gasteiger partial charge in [-0.15, -0.1) is 0 Å². The van der Waals surface area contributed by atoms with E-state index < -0.39 is 0 Å². The molecule has 1 aliphatic heterocycles. The minimum Gasteiger partial charge on any atom is -0.343 e. The van der Waals surface area contributed by atoms with Crippen LogP contribution in [0.3, 0.4) is 0 Å². The monoisotopic (exact) mass is 331 g/mol. The highest BCUT2D eigenvalue weighted by molar-refractivity contribution is 5.92. The summed E-state index contributed by atoms with van der Waals surface area (Å²) in [6.07, 6.45) is 8.96. The van der Waals surface area contributed by atoms with Crippen LogP contribution in [0.25, 0.3) is 0 Å². The Balaban J connectivity index is 1.42. The third kappa shape index (κ3) is 2.50. The van der Waals surface area contributed by atoms with Crippen molar-refractivity contribution in [3.63, 3.8) is 0 Å². The van der Waals surface area contributed by atoms with E-state index >= 15 is 0 Å². The number of nitrogens with zero attached hydrogens (tertiary/aromatic N) is 4. The minimum absolute atomic E-state index is 0.0816. The zero-order valence-electron chi connectivity index (χ0n) is 14.2. The molecule has 7 nitrogen and oxygen atoms in total. The van der Waals surface area contributed by atoms with Crippen molar-refractivity contribution < 1.29 is 9.59 Å². The fourth-order valence-electron chi connectivity index (χ4n) is 5.04. The molecule has 2 heterocycles. The van der Waals surface area contributed by atoms with Gasteiger partial charge in [-0.3, -0.25) is 9.59 Å². The maximum Gasteiger partial charge on any atom is 0.276 e. The predicted molar refractivity (Wildman–Crippen MR) is 87.1 cm³/mol. The van der Waals surface area contributed by atoms with E-state index in [0.717, 1.165) is 44.6 Å². The Kier molecular flexibility index (Phi) is 3.81. The quantitative estimate of drug-likeness (QED) is 0.905. The van der Waals surface area contributed by atoms with Gasteiger partial charge in [0.1, 0.15) is 0 Å². The highest BCUT2D eigenvalue weighted by Gasteiger charge is 2.51. The van der Waals surface area contributed by atoms with Gasteiger partial charge in [0.15, 0.2) is 5.69 Å². The largest absolute Gasteiger partial charge is 0.343 e. The Labute approximate surface area is 141 Å². The van der Waals surface area contributed by atoms with Crippen LogP contribution in [0.15, 0.2) is 6.20 Å². The third-order valence-corrected chi connectivity index (χ3v) is 6.30.